The number of likely N-dealkylation sites (N-methyl/N-ethyl adjacent to an activating group) is 1. The molecule has 4 nitrogen and oxygen atoms in total. The van der Waals surface area contributed by atoms with Crippen molar-refractivity contribution in [2.45, 2.75) is 13.5 Å². The first kappa shape index (κ1) is 21.8. The van der Waals surface area contributed by atoms with E-state index in [-0.39, 0.29) is 12.5 Å². The normalized spacial score (nSPS) is 11.3. The number of aryl methyl sites for hydroxylation is 1. The van der Waals surface area contributed by atoms with Crippen LogP contribution in [0.5, 0.6) is 0 Å². The fourth-order valence-corrected chi connectivity index (χ4v) is 4.69. The molecular formula is C24H21Cl2N3OS. The molecule has 0 fully saturated rings. The summed E-state index contributed by atoms with van der Waals surface area (Å²) >= 11 is 13.7. The van der Waals surface area contributed by atoms with Crippen LogP contribution in [0.25, 0.3) is 20.8 Å². The van der Waals surface area contributed by atoms with E-state index in [1.165, 1.54) is 10.3 Å². The second kappa shape index (κ2) is 9.37. The maximum atomic E-state index is 12.4. The van der Waals surface area contributed by atoms with Gasteiger partial charge < -0.3 is 5.32 Å². The van der Waals surface area contributed by atoms with Crippen molar-refractivity contribution in [2.24, 2.45) is 0 Å². The molecule has 0 saturated heterocycles. The van der Waals surface area contributed by atoms with Gasteiger partial charge in [0.1, 0.15) is 5.01 Å². The molecule has 0 bridgehead atoms. The maximum Gasteiger partial charge on any atom is 0.238 e. The summed E-state index contributed by atoms with van der Waals surface area (Å²) in [5.74, 6) is -0.0780. The number of halogens is 2. The highest BCUT2D eigenvalue weighted by Crippen LogP contribution is 2.31. The summed E-state index contributed by atoms with van der Waals surface area (Å²) < 4.78 is 1.18. The van der Waals surface area contributed by atoms with Crippen LogP contribution in [0.2, 0.25) is 10.0 Å². The molecule has 0 aliphatic heterocycles. The van der Waals surface area contributed by atoms with Crippen LogP contribution in [0, 0.1) is 6.92 Å². The van der Waals surface area contributed by atoms with Gasteiger partial charge in [0, 0.05) is 17.8 Å². The number of nitrogens with one attached hydrogen (secondary N) is 1. The molecule has 7 heteroatoms. The van der Waals surface area contributed by atoms with Crippen LogP contribution in [0.3, 0.4) is 0 Å². The van der Waals surface area contributed by atoms with Crippen molar-refractivity contribution in [2.75, 3.05) is 18.9 Å². The average molecular weight is 470 g/mol. The first-order chi connectivity index (χ1) is 14.9. The van der Waals surface area contributed by atoms with E-state index in [0.29, 0.717) is 16.6 Å². The summed E-state index contributed by atoms with van der Waals surface area (Å²) in [5.41, 5.74) is 5.03. The Bertz CT molecular complexity index is 1240. The van der Waals surface area contributed by atoms with E-state index in [1.54, 1.807) is 17.4 Å². The number of anilines is 1. The Morgan fingerprint density at radius 2 is 1.81 bits per heavy atom. The molecule has 0 atom stereocenters. The van der Waals surface area contributed by atoms with Crippen LogP contribution in [-0.2, 0) is 11.3 Å². The van der Waals surface area contributed by atoms with Crippen molar-refractivity contribution in [1.29, 1.82) is 0 Å². The summed E-state index contributed by atoms with van der Waals surface area (Å²) in [6.07, 6.45) is 0. The van der Waals surface area contributed by atoms with Crippen molar-refractivity contribution in [3.63, 3.8) is 0 Å². The second-order valence-electron chi connectivity index (χ2n) is 7.54. The fourth-order valence-electron chi connectivity index (χ4n) is 3.30. The van der Waals surface area contributed by atoms with Gasteiger partial charge in [0.15, 0.2) is 0 Å². The SMILES string of the molecule is Cc1ccc2nc(-c3ccc(NC(=O)CN(C)Cc4ccc(Cl)c(Cl)c4)cc3)sc2c1. The highest BCUT2D eigenvalue weighted by molar-refractivity contribution is 7.21. The predicted molar refractivity (Wildman–Crippen MR) is 131 cm³/mol. The van der Waals surface area contributed by atoms with E-state index < -0.39 is 0 Å². The van der Waals surface area contributed by atoms with Crippen LogP contribution in [0.1, 0.15) is 11.1 Å². The molecule has 1 amide bonds. The summed E-state index contributed by atoms with van der Waals surface area (Å²) in [4.78, 5) is 19.1. The molecule has 0 saturated carbocycles. The lowest BCUT2D eigenvalue weighted by Gasteiger charge is -2.17. The minimum atomic E-state index is -0.0780. The molecule has 4 rings (SSSR count). The van der Waals surface area contributed by atoms with Gasteiger partial charge in [-0.1, -0.05) is 35.3 Å². The third-order valence-electron chi connectivity index (χ3n) is 4.81. The van der Waals surface area contributed by atoms with E-state index in [0.717, 1.165) is 27.3 Å². The van der Waals surface area contributed by atoms with Gasteiger partial charge in [-0.2, -0.15) is 0 Å². The molecule has 0 radical (unpaired) electrons. The van der Waals surface area contributed by atoms with Crippen LogP contribution >= 0.6 is 34.5 Å². The molecule has 3 aromatic carbocycles. The number of carbonyl (C=O) groups is 1. The third kappa shape index (κ3) is 5.43. The summed E-state index contributed by atoms with van der Waals surface area (Å²) in [7, 11) is 1.89. The molecule has 4 aromatic rings. The van der Waals surface area contributed by atoms with Gasteiger partial charge in [0.2, 0.25) is 5.91 Å². The molecule has 1 N–H and O–H groups in total. The van der Waals surface area contributed by atoms with Crippen molar-refractivity contribution in [3.05, 3.63) is 81.8 Å². The topological polar surface area (TPSA) is 45.2 Å². The van der Waals surface area contributed by atoms with Gasteiger partial charge in [-0.25, -0.2) is 4.98 Å². The van der Waals surface area contributed by atoms with Crippen molar-refractivity contribution in [1.82, 2.24) is 9.88 Å². The number of nitrogens with zero attached hydrogens (tertiary/aromatic N) is 2. The first-order valence-corrected chi connectivity index (χ1v) is 11.3. The first-order valence-electron chi connectivity index (χ1n) is 9.77. The lowest BCUT2D eigenvalue weighted by Crippen LogP contribution is -2.29. The Morgan fingerprint density at radius 3 is 2.55 bits per heavy atom. The van der Waals surface area contributed by atoms with Crippen LogP contribution in [0.15, 0.2) is 60.7 Å². The smallest absolute Gasteiger partial charge is 0.238 e. The van der Waals surface area contributed by atoms with Crippen molar-refractivity contribution < 1.29 is 4.79 Å². The standard InChI is InChI=1S/C24H21Cl2N3OS/c1-15-3-10-21-22(11-15)31-24(28-21)17-5-7-18(8-6-17)27-23(30)14-29(2)13-16-4-9-19(25)20(26)12-16/h3-12H,13-14H2,1-2H3,(H,27,30). The lowest BCUT2D eigenvalue weighted by molar-refractivity contribution is -0.117. The molecule has 1 heterocycles. The molecular weight excluding hydrogens is 449 g/mol. The Hall–Kier alpha value is -2.44. The van der Waals surface area contributed by atoms with Gasteiger partial charge in [-0.3, -0.25) is 9.69 Å². The second-order valence-corrected chi connectivity index (χ2v) is 9.38. The molecule has 1 aromatic heterocycles. The zero-order valence-electron chi connectivity index (χ0n) is 17.2. The number of thiazole rings is 1. The number of hydrogen-bond donors (Lipinski definition) is 1. The van der Waals surface area contributed by atoms with E-state index in [9.17, 15) is 4.79 Å². The largest absolute Gasteiger partial charge is 0.325 e. The van der Waals surface area contributed by atoms with Crippen LogP contribution < -0.4 is 5.32 Å². The lowest BCUT2D eigenvalue weighted by atomic mass is 10.2. The maximum absolute atomic E-state index is 12.4. The highest BCUT2D eigenvalue weighted by atomic mass is 35.5. The number of fused-ring (bicyclic) bond motifs is 1. The molecule has 0 spiro atoms. The van der Waals surface area contributed by atoms with E-state index in [2.05, 4.69) is 24.4 Å². The van der Waals surface area contributed by atoms with E-state index >= 15 is 0 Å². The molecule has 158 valence electrons. The van der Waals surface area contributed by atoms with Crippen LogP contribution in [0.4, 0.5) is 5.69 Å². The Balaban J connectivity index is 1.36. The van der Waals surface area contributed by atoms with Gasteiger partial charge in [-0.15, -0.1) is 11.3 Å². The number of amides is 1. The zero-order valence-corrected chi connectivity index (χ0v) is 19.5. The molecule has 0 aliphatic carbocycles. The molecule has 31 heavy (non-hydrogen) atoms. The average Bonchev–Trinajstić information content (AvgIpc) is 3.14. The number of benzene rings is 3. The number of carbonyl (C=O) groups excluding carboxylic acids is 1. The number of aromatic nitrogens is 1. The van der Waals surface area contributed by atoms with Gasteiger partial charge in [-0.05, 0) is 73.6 Å². The highest BCUT2D eigenvalue weighted by Gasteiger charge is 2.10. The van der Waals surface area contributed by atoms with E-state index in [1.807, 2.05) is 54.4 Å². The summed E-state index contributed by atoms with van der Waals surface area (Å²) in [6.45, 7) is 2.94. The van der Waals surface area contributed by atoms with Gasteiger partial charge in [0.25, 0.3) is 0 Å². The third-order valence-corrected chi connectivity index (χ3v) is 6.62. The van der Waals surface area contributed by atoms with Crippen molar-refractivity contribution in [3.8, 4) is 10.6 Å². The zero-order chi connectivity index (χ0) is 22.0. The monoisotopic (exact) mass is 469 g/mol. The fraction of sp³-hybridized carbons (Fsp3) is 0.167. The summed E-state index contributed by atoms with van der Waals surface area (Å²) in [6, 6.07) is 19.6. The van der Waals surface area contributed by atoms with E-state index in [4.69, 9.17) is 28.2 Å². The number of hydrogen-bond acceptors (Lipinski definition) is 4. The minimum Gasteiger partial charge on any atom is -0.325 e. The van der Waals surface area contributed by atoms with Crippen molar-refractivity contribution >= 4 is 56.3 Å². The quantitative estimate of drug-likeness (QED) is 0.343. The molecule has 0 aliphatic rings. The van der Waals surface area contributed by atoms with Gasteiger partial charge >= 0.3 is 0 Å². The van der Waals surface area contributed by atoms with Gasteiger partial charge in [0.05, 0.1) is 26.8 Å². The Kier molecular flexibility index (Phi) is 6.58. The minimum absolute atomic E-state index is 0.0780. The Labute approximate surface area is 195 Å². The Morgan fingerprint density at radius 1 is 1.03 bits per heavy atom. The predicted octanol–water partition coefficient (Wildman–Crippen LogP) is 6.65. The summed E-state index contributed by atoms with van der Waals surface area (Å²) in [5, 5.41) is 4.96. The van der Waals surface area contributed by atoms with Crippen LogP contribution in [-0.4, -0.2) is 29.4 Å². The molecule has 0 unspecified atom stereocenters. The number of rotatable bonds is 6.